The molecule has 4 rings (SSSR count). The largest absolute Gasteiger partial charge is 0.455 e. The molecule has 1 amide bonds. The third-order valence-electron chi connectivity index (χ3n) is 5.15. The number of aromatic nitrogens is 3. The van der Waals surface area contributed by atoms with Crippen LogP contribution < -0.4 is 15.4 Å². The normalized spacial score (nSPS) is 14.6. The summed E-state index contributed by atoms with van der Waals surface area (Å²) in [6, 6.07) is 15.4. The lowest BCUT2D eigenvalue weighted by Crippen LogP contribution is -2.30. The summed E-state index contributed by atoms with van der Waals surface area (Å²) >= 11 is 0. The lowest BCUT2D eigenvalue weighted by molar-refractivity contribution is 0.102. The van der Waals surface area contributed by atoms with Gasteiger partial charge in [0.25, 0.3) is 5.91 Å². The van der Waals surface area contributed by atoms with Crippen LogP contribution in [0.2, 0.25) is 0 Å². The van der Waals surface area contributed by atoms with Crippen LogP contribution in [-0.4, -0.2) is 34.0 Å². The highest BCUT2D eigenvalue weighted by Gasteiger charge is 2.23. The van der Waals surface area contributed by atoms with E-state index in [-0.39, 0.29) is 11.9 Å². The molecule has 0 aliphatic carbocycles. The van der Waals surface area contributed by atoms with E-state index < -0.39 is 0 Å². The van der Waals surface area contributed by atoms with Crippen LogP contribution in [0.15, 0.2) is 48.5 Å². The lowest BCUT2D eigenvalue weighted by Gasteiger charge is -2.23. The summed E-state index contributed by atoms with van der Waals surface area (Å²) in [6.45, 7) is 5.81. The molecule has 2 N–H and O–H groups in total. The molecule has 7 heteroatoms. The van der Waals surface area contributed by atoms with Gasteiger partial charge in [-0.1, -0.05) is 29.5 Å². The summed E-state index contributed by atoms with van der Waals surface area (Å²) < 4.78 is 7.87. The molecule has 29 heavy (non-hydrogen) atoms. The predicted molar refractivity (Wildman–Crippen MR) is 112 cm³/mol. The zero-order chi connectivity index (χ0) is 20.2. The van der Waals surface area contributed by atoms with Gasteiger partial charge in [0.1, 0.15) is 5.75 Å². The summed E-state index contributed by atoms with van der Waals surface area (Å²) in [5.74, 6) is 1.01. The molecule has 1 saturated heterocycles. The molecule has 1 aromatic heterocycles. The second-order valence-corrected chi connectivity index (χ2v) is 7.32. The van der Waals surface area contributed by atoms with E-state index in [1.165, 1.54) is 0 Å². The van der Waals surface area contributed by atoms with Crippen LogP contribution in [-0.2, 0) is 0 Å². The number of hydrogen-bond acceptors (Lipinski definition) is 5. The third kappa shape index (κ3) is 4.30. The molecule has 150 valence electrons. The Labute approximate surface area is 170 Å². The van der Waals surface area contributed by atoms with Crippen molar-refractivity contribution >= 4 is 11.6 Å². The Bertz CT molecular complexity index is 1010. The van der Waals surface area contributed by atoms with E-state index in [1.54, 1.807) is 0 Å². The molecule has 0 saturated carbocycles. The van der Waals surface area contributed by atoms with Crippen molar-refractivity contribution in [3.63, 3.8) is 0 Å². The van der Waals surface area contributed by atoms with E-state index in [9.17, 15) is 4.79 Å². The molecule has 1 fully saturated rings. The minimum atomic E-state index is -0.289. The van der Waals surface area contributed by atoms with Gasteiger partial charge in [-0.2, -0.15) is 0 Å². The van der Waals surface area contributed by atoms with Gasteiger partial charge in [-0.3, -0.25) is 4.79 Å². The highest BCUT2D eigenvalue weighted by atomic mass is 16.5. The lowest BCUT2D eigenvalue weighted by atomic mass is 10.1. The monoisotopic (exact) mass is 391 g/mol. The number of benzene rings is 2. The molecule has 0 radical (unpaired) electrons. The van der Waals surface area contributed by atoms with Crippen molar-refractivity contribution in [3.8, 4) is 11.5 Å². The van der Waals surface area contributed by atoms with Gasteiger partial charge >= 0.3 is 0 Å². The number of nitrogens with zero attached hydrogens (tertiary/aromatic N) is 3. The van der Waals surface area contributed by atoms with Gasteiger partial charge in [0.15, 0.2) is 11.4 Å². The third-order valence-corrected chi connectivity index (χ3v) is 5.15. The van der Waals surface area contributed by atoms with Crippen molar-refractivity contribution in [3.05, 3.63) is 65.5 Å². The number of para-hydroxylation sites is 2. The number of nitrogens with one attached hydrogen (secondary N) is 2. The van der Waals surface area contributed by atoms with E-state index >= 15 is 0 Å². The van der Waals surface area contributed by atoms with Gasteiger partial charge in [-0.15, -0.1) is 5.10 Å². The molecule has 1 aliphatic heterocycles. The first-order valence-electron chi connectivity index (χ1n) is 9.89. The quantitative estimate of drug-likeness (QED) is 0.690. The molecule has 2 aromatic carbocycles. The van der Waals surface area contributed by atoms with Crippen LogP contribution in [0.4, 0.5) is 5.69 Å². The van der Waals surface area contributed by atoms with Crippen molar-refractivity contribution < 1.29 is 9.53 Å². The van der Waals surface area contributed by atoms with Gasteiger partial charge in [0.2, 0.25) is 0 Å². The molecule has 7 nitrogen and oxygen atoms in total. The van der Waals surface area contributed by atoms with Crippen molar-refractivity contribution in [1.82, 2.24) is 20.3 Å². The average Bonchev–Trinajstić information content (AvgIpc) is 3.12. The van der Waals surface area contributed by atoms with E-state index in [1.807, 2.05) is 67.1 Å². The maximum atomic E-state index is 12.9. The molecule has 0 spiro atoms. The van der Waals surface area contributed by atoms with Gasteiger partial charge in [0, 0.05) is 0 Å². The van der Waals surface area contributed by atoms with Gasteiger partial charge < -0.3 is 15.4 Å². The first-order valence-corrected chi connectivity index (χ1v) is 9.89. The van der Waals surface area contributed by atoms with E-state index in [0.29, 0.717) is 17.1 Å². The number of rotatable bonds is 5. The van der Waals surface area contributed by atoms with E-state index in [4.69, 9.17) is 4.74 Å². The number of anilines is 1. The molecule has 0 atom stereocenters. The Morgan fingerprint density at radius 3 is 2.72 bits per heavy atom. The topological polar surface area (TPSA) is 81.1 Å². The summed E-state index contributed by atoms with van der Waals surface area (Å²) in [5, 5.41) is 14.7. The molecule has 1 aliphatic rings. The fourth-order valence-corrected chi connectivity index (χ4v) is 3.59. The number of aryl methyl sites for hydroxylation is 1. The molecular formula is C22H25N5O2. The zero-order valence-corrected chi connectivity index (χ0v) is 16.7. The van der Waals surface area contributed by atoms with E-state index in [2.05, 4.69) is 20.9 Å². The smallest absolute Gasteiger partial charge is 0.278 e. The minimum absolute atomic E-state index is 0.280. The Hall–Kier alpha value is -3.19. The van der Waals surface area contributed by atoms with Crippen LogP contribution >= 0.6 is 0 Å². The highest BCUT2D eigenvalue weighted by molar-refractivity contribution is 6.04. The SMILES string of the molecule is Cc1cccc(Oc2ccccc2NC(=O)c2nnn(C3CCNCC3)c2C)c1. The molecule has 0 unspecified atom stereocenters. The summed E-state index contributed by atoms with van der Waals surface area (Å²) in [4.78, 5) is 12.9. The van der Waals surface area contributed by atoms with Gasteiger partial charge in [-0.05, 0) is 69.6 Å². The second-order valence-electron chi connectivity index (χ2n) is 7.32. The Kier molecular flexibility index (Phi) is 5.57. The van der Waals surface area contributed by atoms with Crippen LogP contribution in [0.1, 0.15) is 40.6 Å². The summed E-state index contributed by atoms with van der Waals surface area (Å²) in [5.41, 5.74) is 2.82. The Morgan fingerprint density at radius 1 is 1.14 bits per heavy atom. The van der Waals surface area contributed by atoms with Crippen molar-refractivity contribution in [2.75, 3.05) is 18.4 Å². The van der Waals surface area contributed by atoms with E-state index in [0.717, 1.165) is 42.9 Å². The van der Waals surface area contributed by atoms with Gasteiger partial charge in [-0.25, -0.2) is 4.68 Å². The standard InChI is InChI=1S/C22H25N5O2/c1-15-6-5-7-18(14-15)29-20-9-4-3-8-19(20)24-22(28)21-16(2)27(26-25-21)17-10-12-23-13-11-17/h3-9,14,17,23H,10-13H2,1-2H3,(H,24,28). The number of carbonyl (C=O) groups excluding carboxylic acids is 1. The second kappa shape index (κ2) is 8.45. The van der Waals surface area contributed by atoms with Gasteiger partial charge in [0.05, 0.1) is 17.4 Å². The molecular weight excluding hydrogens is 366 g/mol. The highest BCUT2D eigenvalue weighted by Crippen LogP contribution is 2.30. The Balaban J connectivity index is 1.52. The summed E-state index contributed by atoms with van der Waals surface area (Å²) in [7, 11) is 0. The number of ether oxygens (including phenoxy) is 1. The number of amides is 1. The number of hydrogen-bond donors (Lipinski definition) is 2. The Morgan fingerprint density at radius 2 is 1.93 bits per heavy atom. The fraction of sp³-hybridized carbons (Fsp3) is 0.318. The maximum Gasteiger partial charge on any atom is 0.278 e. The number of piperidine rings is 1. The van der Waals surface area contributed by atoms with Crippen LogP contribution in [0.5, 0.6) is 11.5 Å². The average molecular weight is 391 g/mol. The molecule has 2 heterocycles. The van der Waals surface area contributed by atoms with Crippen LogP contribution in [0, 0.1) is 13.8 Å². The van der Waals surface area contributed by atoms with Crippen LogP contribution in [0.3, 0.4) is 0 Å². The predicted octanol–water partition coefficient (Wildman–Crippen LogP) is 3.86. The zero-order valence-electron chi connectivity index (χ0n) is 16.7. The number of carbonyl (C=O) groups is 1. The van der Waals surface area contributed by atoms with Crippen molar-refractivity contribution in [1.29, 1.82) is 0 Å². The van der Waals surface area contributed by atoms with Crippen LogP contribution in [0.25, 0.3) is 0 Å². The molecule has 3 aromatic rings. The minimum Gasteiger partial charge on any atom is -0.455 e. The first-order chi connectivity index (χ1) is 14.1. The van der Waals surface area contributed by atoms with Crippen molar-refractivity contribution in [2.24, 2.45) is 0 Å². The molecule has 0 bridgehead atoms. The first kappa shape index (κ1) is 19.1. The fourth-order valence-electron chi connectivity index (χ4n) is 3.59. The summed E-state index contributed by atoms with van der Waals surface area (Å²) in [6.07, 6.45) is 1.97. The van der Waals surface area contributed by atoms with Crippen molar-refractivity contribution in [2.45, 2.75) is 32.7 Å². The maximum absolute atomic E-state index is 12.9.